The van der Waals surface area contributed by atoms with Crippen molar-refractivity contribution in [3.05, 3.63) is 12.7 Å². The average molecular weight is 342 g/mol. The molecule has 1 aromatic heterocycles. The summed E-state index contributed by atoms with van der Waals surface area (Å²) in [4.78, 5) is 16.8. The first-order chi connectivity index (χ1) is 10.6. The fraction of sp³-hybridized carbons (Fsp3) is 0.643. The van der Waals surface area contributed by atoms with Gasteiger partial charge in [0.1, 0.15) is 0 Å². The molecule has 0 radical (unpaired) electrons. The fourth-order valence-corrected chi connectivity index (χ4v) is 4.22. The van der Waals surface area contributed by atoms with Crippen molar-refractivity contribution in [1.29, 1.82) is 0 Å². The van der Waals surface area contributed by atoms with E-state index in [2.05, 4.69) is 33.9 Å². The van der Waals surface area contributed by atoms with Gasteiger partial charge < -0.3 is 15.1 Å². The number of amides is 1. The number of thioether (sulfide) groups is 1. The second kappa shape index (κ2) is 8.50. The Kier molecular flexibility index (Phi) is 6.66. The lowest BCUT2D eigenvalue weighted by atomic mass is 10.3. The molecule has 1 atom stereocenters. The summed E-state index contributed by atoms with van der Waals surface area (Å²) in [6.45, 7) is 13.0. The van der Waals surface area contributed by atoms with Crippen molar-refractivity contribution in [2.45, 2.75) is 23.4 Å². The fourth-order valence-electron chi connectivity index (χ4n) is 2.23. The summed E-state index contributed by atoms with van der Waals surface area (Å²) in [5, 5.41) is 11.9. The molecule has 0 bridgehead atoms. The zero-order valence-corrected chi connectivity index (χ0v) is 14.8. The number of carbonyl (C=O) groups is 1. The van der Waals surface area contributed by atoms with Gasteiger partial charge in [-0.2, -0.15) is 0 Å². The molecule has 6 nitrogen and oxygen atoms in total. The van der Waals surface area contributed by atoms with Gasteiger partial charge >= 0.3 is 0 Å². The van der Waals surface area contributed by atoms with E-state index in [1.165, 1.54) is 23.1 Å². The van der Waals surface area contributed by atoms with Gasteiger partial charge in [0.15, 0.2) is 4.34 Å². The summed E-state index contributed by atoms with van der Waals surface area (Å²) in [5.74, 6) is 0.191. The van der Waals surface area contributed by atoms with E-state index in [4.69, 9.17) is 0 Å². The maximum absolute atomic E-state index is 12.5. The minimum atomic E-state index is -0.131. The predicted octanol–water partition coefficient (Wildman–Crippen LogP) is 1.78. The molecule has 0 aliphatic carbocycles. The van der Waals surface area contributed by atoms with Crippen LogP contribution in [0.25, 0.3) is 0 Å². The van der Waals surface area contributed by atoms with Gasteiger partial charge in [-0.15, -0.1) is 16.8 Å². The van der Waals surface area contributed by atoms with E-state index in [9.17, 15) is 4.79 Å². The number of rotatable bonds is 7. The lowest BCUT2D eigenvalue weighted by Crippen LogP contribution is -2.50. The van der Waals surface area contributed by atoms with E-state index >= 15 is 0 Å². The molecule has 0 unspecified atom stereocenters. The van der Waals surface area contributed by atoms with Crippen molar-refractivity contribution >= 4 is 34.1 Å². The summed E-state index contributed by atoms with van der Waals surface area (Å²) in [5.41, 5.74) is 0. The minimum absolute atomic E-state index is 0.131. The second-order valence-corrected chi connectivity index (χ2v) is 7.63. The van der Waals surface area contributed by atoms with Gasteiger partial charge in [-0.1, -0.05) is 36.1 Å². The Morgan fingerprint density at radius 2 is 2.18 bits per heavy atom. The standard InChI is InChI=1S/C14H23N5OS2/c1-4-6-15-13-16-17-14(22-13)21-11(3)12(20)19-9-7-18(5-2)8-10-19/h4,11H,1,5-10H2,2-3H3,(H,15,16)/t11-/m0/s1. The molecule has 1 aliphatic rings. The van der Waals surface area contributed by atoms with Gasteiger partial charge in [0.05, 0.1) is 5.25 Å². The third kappa shape index (κ3) is 4.69. The highest BCUT2D eigenvalue weighted by Crippen LogP contribution is 2.29. The summed E-state index contributed by atoms with van der Waals surface area (Å²) < 4.78 is 0.819. The third-order valence-corrected chi connectivity index (χ3v) is 5.61. The van der Waals surface area contributed by atoms with Crippen LogP contribution in [0, 0.1) is 0 Å². The van der Waals surface area contributed by atoms with E-state index in [-0.39, 0.29) is 11.2 Å². The lowest BCUT2D eigenvalue weighted by Gasteiger charge is -2.35. The number of hydrogen-bond acceptors (Lipinski definition) is 7. The molecule has 0 saturated carbocycles. The van der Waals surface area contributed by atoms with Crippen LogP contribution >= 0.6 is 23.1 Å². The van der Waals surface area contributed by atoms with Crippen molar-refractivity contribution < 1.29 is 4.79 Å². The maximum Gasteiger partial charge on any atom is 0.235 e. The molecule has 1 saturated heterocycles. The molecular formula is C14H23N5OS2. The van der Waals surface area contributed by atoms with E-state index in [0.717, 1.165) is 42.2 Å². The first-order valence-electron chi connectivity index (χ1n) is 7.50. The number of aromatic nitrogens is 2. The Labute approximate surface area is 140 Å². The highest BCUT2D eigenvalue weighted by Gasteiger charge is 2.25. The van der Waals surface area contributed by atoms with Crippen LogP contribution in [0.2, 0.25) is 0 Å². The first kappa shape index (κ1) is 17.2. The molecule has 0 spiro atoms. The van der Waals surface area contributed by atoms with Crippen LogP contribution in [0.3, 0.4) is 0 Å². The monoisotopic (exact) mass is 341 g/mol. The predicted molar refractivity (Wildman–Crippen MR) is 92.6 cm³/mol. The number of anilines is 1. The smallest absolute Gasteiger partial charge is 0.235 e. The second-order valence-electron chi connectivity index (χ2n) is 5.06. The number of carbonyl (C=O) groups excluding carboxylic acids is 1. The Morgan fingerprint density at radius 3 is 2.82 bits per heavy atom. The van der Waals surface area contributed by atoms with Gasteiger partial charge in [0, 0.05) is 32.7 Å². The van der Waals surface area contributed by atoms with Crippen LogP contribution in [0.4, 0.5) is 5.13 Å². The van der Waals surface area contributed by atoms with Crippen LogP contribution in [0.15, 0.2) is 17.0 Å². The lowest BCUT2D eigenvalue weighted by molar-refractivity contribution is -0.132. The Bertz CT molecular complexity index is 499. The summed E-state index contributed by atoms with van der Waals surface area (Å²) in [6, 6.07) is 0. The number of piperazine rings is 1. The van der Waals surface area contributed by atoms with E-state index in [1.807, 2.05) is 11.8 Å². The first-order valence-corrected chi connectivity index (χ1v) is 9.19. The molecule has 1 amide bonds. The number of nitrogens with zero attached hydrogens (tertiary/aromatic N) is 4. The van der Waals surface area contributed by atoms with Crippen molar-refractivity contribution in [3.8, 4) is 0 Å². The van der Waals surface area contributed by atoms with Crippen LogP contribution in [-0.4, -0.2) is 70.4 Å². The number of nitrogens with one attached hydrogen (secondary N) is 1. The van der Waals surface area contributed by atoms with E-state index in [0.29, 0.717) is 6.54 Å². The van der Waals surface area contributed by atoms with Crippen LogP contribution in [0.5, 0.6) is 0 Å². The molecule has 2 rings (SSSR count). The third-order valence-electron chi connectivity index (χ3n) is 3.56. The number of likely N-dealkylation sites (N-methyl/N-ethyl adjacent to an activating group) is 1. The van der Waals surface area contributed by atoms with E-state index in [1.54, 1.807) is 6.08 Å². The summed E-state index contributed by atoms with van der Waals surface area (Å²) >= 11 is 2.95. The highest BCUT2D eigenvalue weighted by atomic mass is 32.2. The van der Waals surface area contributed by atoms with E-state index < -0.39 is 0 Å². The Morgan fingerprint density at radius 1 is 1.45 bits per heavy atom. The molecule has 1 fully saturated rings. The zero-order chi connectivity index (χ0) is 15.9. The summed E-state index contributed by atoms with van der Waals surface area (Å²) in [6.07, 6.45) is 1.77. The van der Waals surface area contributed by atoms with Crippen LogP contribution in [-0.2, 0) is 4.79 Å². The SMILES string of the molecule is C=CCNc1nnc(S[C@@H](C)C(=O)N2CCN(CC)CC2)s1. The van der Waals surface area contributed by atoms with Gasteiger partial charge in [-0.25, -0.2) is 0 Å². The van der Waals surface area contributed by atoms with Gasteiger partial charge in [-0.05, 0) is 13.5 Å². The molecule has 1 aromatic rings. The Hall–Kier alpha value is -1.12. The molecule has 22 heavy (non-hydrogen) atoms. The molecule has 1 aliphatic heterocycles. The average Bonchev–Trinajstić information content (AvgIpc) is 2.99. The molecule has 122 valence electrons. The topological polar surface area (TPSA) is 61.4 Å². The van der Waals surface area contributed by atoms with Crippen molar-refractivity contribution in [2.24, 2.45) is 0 Å². The molecule has 2 heterocycles. The molecule has 1 N–H and O–H groups in total. The zero-order valence-electron chi connectivity index (χ0n) is 13.1. The summed E-state index contributed by atoms with van der Waals surface area (Å²) in [7, 11) is 0. The van der Waals surface area contributed by atoms with Gasteiger partial charge in [-0.3, -0.25) is 4.79 Å². The van der Waals surface area contributed by atoms with Crippen molar-refractivity contribution in [2.75, 3.05) is 44.6 Å². The number of hydrogen-bond donors (Lipinski definition) is 1. The highest BCUT2D eigenvalue weighted by molar-refractivity contribution is 8.02. The van der Waals surface area contributed by atoms with Crippen LogP contribution < -0.4 is 5.32 Å². The van der Waals surface area contributed by atoms with Gasteiger partial charge in [0.25, 0.3) is 0 Å². The molecule has 0 aromatic carbocycles. The maximum atomic E-state index is 12.5. The molecular weight excluding hydrogens is 318 g/mol. The van der Waals surface area contributed by atoms with Crippen LogP contribution in [0.1, 0.15) is 13.8 Å². The van der Waals surface area contributed by atoms with Gasteiger partial charge in [0.2, 0.25) is 11.0 Å². The molecule has 8 heteroatoms. The van der Waals surface area contributed by atoms with Crippen molar-refractivity contribution in [3.63, 3.8) is 0 Å². The quantitative estimate of drug-likeness (QED) is 0.603. The normalized spacial score (nSPS) is 17.3. The van der Waals surface area contributed by atoms with Crippen molar-refractivity contribution in [1.82, 2.24) is 20.0 Å². The minimum Gasteiger partial charge on any atom is -0.357 e. The largest absolute Gasteiger partial charge is 0.357 e. The Balaban J connectivity index is 1.83.